The minimum absolute atomic E-state index is 0.0173. The van der Waals surface area contributed by atoms with Gasteiger partial charge in [-0.1, -0.05) is 12.7 Å². The maximum Gasteiger partial charge on any atom is 0.336 e. The van der Waals surface area contributed by atoms with Crippen LogP contribution in [0.15, 0.2) is 12.7 Å². The summed E-state index contributed by atoms with van der Waals surface area (Å²) in [6.45, 7) is 6.05. The van der Waals surface area contributed by atoms with Crippen LogP contribution in [0.4, 0.5) is 0 Å². The highest BCUT2D eigenvalue weighted by molar-refractivity contribution is 7.89. The molecule has 0 aliphatic rings. The predicted octanol–water partition coefficient (Wildman–Crippen LogP) is -0.253. The molecular formula is C10H19NO5S. The van der Waals surface area contributed by atoms with Crippen LogP contribution in [0.3, 0.4) is 0 Å². The van der Waals surface area contributed by atoms with Gasteiger partial charge in [-0.2, -0.15) is 0 Å². The van der Waals surface area contributed by atoms with Gasteiger partial charge >= 0.3 is 5.97 Å². The van der Waals surface area contributed by atoms with Gasteiger partial charge in [0.15, 0.2) is 6.10 Å². The van der Waals surface area contributed by atoms with Gasteiger partial charge in [0.2, 0.25) is 10.0 Å². The van der Waals surface area contributed by atoms with Gasteiger partial charge in [0.1, 0.15) is 6.61 Å². The van der Waals surface area contributed by atoms with Crippen molar-refractivity contribution in [3.8, 4) is 0 Å². The molecule has 0 saturated heterocycles. The zero-order valence-electron chi connectivity index (χ0n) is 10.3. The van der Waals surface area contributed by atoms with Gasteiger partial charge in [-0.3, -0.25) is 0 Å². The second-order valence-corrected chi connectivity index (χ2v) is 6.40. The Morgan fingerprint density at radius 1 is 1.53 bits per heavy atom. The van der Waals surface area contributed by atoms with Crippen LogP contribution in [0.25, 0.3) is 0 Å². The number of aliphatic hydroxyl groups excluding tert-OH is 1. The van der Waals surface area contributed by atoms with Crippen molar-refractivity contribution in [2.45, 2.75) is 25.2 Å². The lowest BCUT2D eigenvalue weighted by Crippen LogP contribution is -2.41. The van der Waals surface area contributed by atoms with Crippen LogP contribution in [0.5, 0.6) is 0 Å². The van der Waals surface area contributed by atoms with Crippen molar-refractivity contribution >= 4 is 16.0 Å². The summed E-state index contributed by atoms with van der Waals surface area (Å²) in [5.41, 5.74) is 0. The van der Waals surface area contributed by atoms with Gasteiger partial charge in [0, 0.05) is 7.05 Å². The lowest BCUT2D eigenvalue weighted by Gasteiger charge is -2.21. The largest absolute Gasteiger partial charge is 0.460 e. The van der Waals surface area contributed by atoms with E-state index in [1.54, 1.807) is 0 Å². The highest BCUT2D eigenvalue weighted by Gasteiger charge is 2.27. The standard InChI is InChI=1S/C10H19NO5S/c1-5-6-16-10(13)9(12)7-11(4)17(14,15)8(2)3/h5,8-9,12H,1,6-7H2,2-4H3/t9-/m0/s1. The Morgan fingerprint density at radius 3 is 2.47 bits per heavy atom. The maximum atomic E-state index is 11.6. The van der Waals surface area contributed by atoms with Crippen molar-refractivity contribution in [2.24, 2.45) is 0 Å². The van der Waals surface area contributed by atoms with Gasteiger partial charge in [0.05, 0.1) is 11.8 Å². The average Bonchev–Trinajstić information content (AvgIpc) is 2.25. The van der Waals surface area contributed by atoms with E-state index in [1.165, 1.54) is 27.0 Å². The molecule has 0 aliphatic carbocycles. The fraction of sp³-hybridized carbons (Fsp3) is 0.700. The smallest absolute Gasteiger partial charge is 0.336 e. The first-order chi connectivity index (χ1) is 7.73. The summed E-state index contributed by atoms with van der Waals surface area (Å²) in [6.07, 6.45) is -0.132. The monoisotopic (exact) mass is 265 g/mol. The van der Waals surface area contributed by atoms with E-state index in [4.69, 9.17) is 0 Å². The second kappa shape index (κ2) is 6.73. The summed E-state index contributed by atoms with van der Waals surface area (Å²) < 4.78 is 28.8. The van der Waals surface area contributed by atoms with E-state index in [0.29, 0.717) is 0 Å². The Bertz CT molecular complexity index is 363. The average molecular weight is 265 g/mol. The summed E-state index contributed by atoms with van der Waals surface area (Å²) in [5.74, 6) is -0.865. The van der Waals surface area contributed by atoms with E-state index in [1.807, 2.05) is 0 Å². The predicted molar refractivity (Wildman–Crippen MR) is 63.8 cm³/mol. The molecule has 7 heteroatoms. The van der Waals surface area contributed by atoms with Crippen LogP contribution >= 0.6 is 0 Å². The van der Waals surface area contributed by atoms with E-state index in [9.17, 15) is 18.3 Å². The molecule has 0 aromatic heterocycles. The molecule has 0 spiro atoms. The highest BCUT2D eigenvalue weighted by Crippen LogP contribution is 2.07. The number of carbonyl (C=O) groups is 1. The van der Waals surface area contributed by atoms with Crippen LogP contribution in [-0.2, 0) is 19.6 Å². The fourth-order valence-corrected chi connectivity index (χ4v) is 2.09. The number of ether oxygens (including phenoxy) is 1. The minimum Gasteiger partial charge on any atom is -0.460 e. The van der Waals surface area contributed by atoms with E-state index < -0.39 is 27.3 Å². The Hall–Kier alpha value is -0.920. The number of rotatable bonds is 7. The number of hydrogen-bond donors (Lipinski definition) is 1. The third-order valence-corrected chi connectivity index (χ3v) is 4.29. The van der Waals surface area contributed by atoms with Crippen LogP contribution in [0.1, 0.15) is 13.8 Å². The van der Waals surface area contributed by atoms with E-state index in [2.05, 4.69) is 11.3 Å². The third-order valence-electron chi connectivity index (χ3n) is 2.08. The molecule has 0 aromatic rings. The molecule has 0 rings (SSSR count). The van der Waals surface area contributed by atoms with Crippen LogP contribution < -0.4 is 0 Å². The zero-order valence-corrected chi connectivity index (χ0v) is 11.1. The second-order valence-electron chi connectivity index (χ2n) is 3.81. The highest BCUT2D eigenvalue weighted by atomic mass is 32.2. The molecule has 0 saturated carbocycles. The molecule has 1 N–H and O–H groups in total. The molecule has 0 radical (unpaired) electrons. The lowest BCUT2D eigenvalue weighted by molar-refractivity contribution is -0.152. The molecule has 0 amide bonds. The molecular weight excluding hydrogens is 246 g/mol. The van der Waals surface area contributed by atoms with E-state index in [-0.39, 0.29) is 13.2 Å². The summed E-state index contributed by atoms with van der Waals surface area (Å²) in [4.78, 5) is 11.2. The molecule has 0 aliphatic heterocycles. The molecule has 6 nitrogen and oxygen atoms in total. The normalized spacial score (nSPS) is 13.8. The van der Waals surface area contributed by atoms with E-state index >= 15 is 0 Å². The number of carbonyl (C=O) groups excluding carboxylic acids is 1. The molecule has 17 heavy (non-hydrogen) atoms. The van der Waals surface area contributed by atoms with Gasteiger partial charge < -0.3 is 9.84 Å². The number of aliphatic hydroxyl groups is 1. The van der Waals surface area contributed by atoms with Gasteiger partial charge in [-0.05, 0) is 13.8 Å². The quantitative estimate of drug-likeness (QED) is 0.507. The summed E-state index contributed by atoms with van der Waals surface area (Å²) >= 11 is 0. The molecule has 0 unspecified atom stereocenters. The topological polar surface area (TPSA) is 83.9 Å². The van der Waals surface area contributed by atoms with Crippen molar-refractivity contribution in [2.75, 3.05) is 20.2 Å². The Morgan fingerprint density at radius 2 is 2.06 bits per heavy atom. The van der Waals surface area contributed by atoms with Crippen molar-refractivity contribution in [3.05, 3.63) is 12.7 Å². The molecule has 0 heterocycles. The van der Waals surface area contributed by atoms with Crippen molar-refractivity contribution in [3.63, 3.8) is 0 Å². The fourth-order valence-electron chi connectivity index (χ4n) is 1.02. The van der Waals surface area contributed by atoms with E-state index in [0.717, 1.165) is 4.31 Å². The zero-order chi connectivity index (χ0) is 13.6. The first kappa shape index (κ1) is 16.1. The summed E-state index contributed by atoms with van der Waals surface area (Å²) in [5, 5.41) is 8.84. The maximum absolute atomic E-state index is 11.6. The number of nitrogens with zero attached hydrogens (tertiary/aromatic N) is 1. The first-order valence-corrected chi connectivity index (χ1v) is 6.64. The number of sulfonamides is 1. The number of hydrogen-bond acceptors (Lipinski definition) is 5. The Balaban J connectivity index is 4.44. The third kappa shape index (κ3) is 4.84. The van der Waals surface area contributed by atoms with Crippen molar-refractivity contribution in [1.82, 2.24) is 4.31 Å². The summed E-state index contributed by atoms with van der Waals surface area (Å²) in [7, 11) is -2.18. The van der Waals surface area contributed by atoms with Gasteiger partial charge in [-0.25, -0.2) is 17.5 Å². The van der Waals surface area contributed by atoms with Gasteiger partial charge in [0.25, 0.3) is 0 Å². The van der Waals surface area contributed by atoms with Crippen molar-refractivity contribution < 1.29 is 23.1 Å². The first-order valence-electron chi connectivity index (χ1n) is 5.14. The molecule has 100 valence electrons. The number of likely N-dealkylation sites (N-methyl/N-ethyl adjacent to an activating group) is 1. The molecule has 1 atom stereocenters. The Labute approximate surface area is 102 Å². The minimum atomic E-state index is -3.48. The Kier molecular flexibility index (Phi) is 6.36. The van der Waals surface area contributed by atoms with Crippen molar-refractivity contribution in [1.29, 1.82) is 0 Å². The number of esters is 1. The van der Waals surface area contributed by atoms with Crippen LogP contribution in [-0.4, -0.2) is 55.4 Å². The van der Waals surface area contributed by atoms with Crippen LogP contribution in [0.2, 0.25) is 0 Å². The lowest BCUT2D eigenvalue weighted by atomic mass is 10.3. The molecule has 0 aromatic carbocycles. The SMILES string of the molecule is C=CCOC(=O)[C@@H](O)CN(C)S(=O)(=O)C(C)C. The molecule has 0 fully saturated rings. The molecule has 0 bridgehead atoms. The van der Waals surface area contributed by atoms with Gasteiger partial charge in [-0.15, -0.1) is 0 Å². The van der Waals surface area contributed by atoms with Crippen LogP contribution in [0, 0.1) is 0 Å². The summed E-state index contributed by atoms with van der Waals surface area (Å²) in [6, 6.07) is 0.